The molecule has 15 heavy (non-hydrogen) atoms. The first-order chi connectivity index (χ1) is 7.04. The van der Waals surface area contributed by atoms with Gasteiger partial charge in [0.15, 0.2) is 5.84 Å². The zero-order valence-electron chi connectivity index (χ0n) is 8.57. The topological polar surface area (TPSA) is 67.8 Å². The van der Waals surface area contributed by atoms with E-state index in [1.54, 1.807) is 6.07 Å². The van der Waals surface area contributed by atoms with Gasteiger partial charge in [-0.15, -0.1) is 0 Å². The van der Waals surface area contributed by atoms with E-state index < -0.39 is 0 Å². The van der Waals surface area contributed by atoms with Crippen molar-refractivity contribution in [2.75, 3.05) is 0 Å². The molecule has 0 aliphatic heterocycles. The monoisotopic (exact) mass is 320 g/mol. The molecule has 1 aromatic rings. The van der Waals surface area contributed by atoms with Gasteiger partial charge in [0.05, 0.1) is 9.67 Å². The number of benzene rings is 1. The van der Waals surface area contributed by atoms with E-state index in [4.69, 9.17) is 15.7 Å². The fraction of sp³-hybridized carbons (Fsp3) is 0.300. The molecule has 0 atom stereocenters. The number of nitrogens with zero attached hydrogens (tertiary/aromatic N) is 1. The lowest BCUT2D eigenvalue weighted by molar-refractivity contribution is 0.240. The summed E-state index contributed by atoms with van der Waals surface area (Å²) in [5, 5.41) is 11.5. The van der Waals surface area contributed by atoms with Crippen LogP contribution in [0, 0.1) is 3.57 Å². The Balaban J connectivity index is 2.98. The summed E-state index contributed by atoms with van der Waals surface area (Å²) in [4.78, 5) is 0. The second-order valence-corrected chi connectivity index (χ2v) is 4.46. The van der Waals surface area contributed by atoms with E-state index in [2.05, 4.69) is 27.7 Å². The lowest BCUT2D eigenvalue weighted by Gasteiger charge is -2.12. The van der Waals surface area contributed by atoms with Crippen molar-refractivity contribution in [3.05, 3.63) is 27.3 Å². The molecule has 0 aliphatic rings. The fourth-order valence-corrected chi connectivity index (χ4v) is 1.71. The van der Waals surface area contributed by atoms with Gasteiger partial charge in [-0.05, 0) is 54.6 Å². The molecule has 3 N–H and O–H groups in total. The maximum Gasteiger partial charge on any atom is 0.170 e. The first kappa shape index (κ1) is 12.1. The van der Waals surface area contributed by atoms with Crippen molar-refractivity contribution in [2.45, 2.75) is 20.0 Å². The smallest absolute Gasteiger partial charge is 0.170 e. The molecule has 0 radical (unpaired) electrons. The standard InChI is InChI=1S/C10H13IN2O2/c1-6(2)15-9-4-3-7(5-8(9)11)10(12)13-14/h3-6,14H,1-2H3,(H2,12,13). The highest BCUT2D eigenvalue weighted by atomic mass is 127. The predicted octanol–water partition coefficient (Wildman–Crippen LogP) is 2.17. The molecule has 0 saturated carbocycles. The maximum absolute atomic E-state index is 8.52. The van der Waals surface area contributed by atoms with Gasteiger partial charge in [-0.3, -0.25) is 0 Å². The summed E-state index contributed by atoms with van der Waals surface area (Å²) in [6.45, 7) is 3.93. The molecule has 82 valence electrons. The van der Waals surface area contributed by atoms with E-state index in [-0.39, 0.29) is 11.9 Å². The first-order valence-corrected chi connectivity index (χ1v) is 5.56. The van der Waals surface area contributed by atoms with Crippen LogP contribution >= 0.6 is 22.6 Å². The van der Waals surface area contributed by atoms with Crippen LogP contribution in [0.1, 0.15) is 19.4 Å². The van der Waals surface area contributed by atoms with Gasteiger partial charge in [0, 0.05) is 5.56 Å². The summed E-state index contributed by atoms with van der Waals surface area (Å²) in [5.74, 6) is 0.907. The van der Waals surface area contributed by atoms with Gasteiger partial charge in [-0.1, -0.05) is 5.16 Å². The Bertz CT molecular complexity index is 378. The van der Waals surface area contributed by atoms with Crippen LogP contribution in [-0.4, -0.2) is 17.1 Å². The summed E-state index contributed by atoms with van der Waals surface area (Å²) in [6.07, 6.45) is 0.133. The number of nitrogens with two attached hydrogens (primary N) is 1. The van der Waals surface area contributed by atoms with Crippen molar-refractivity contribution >= 4 is 28.4 Å². The molecule has 0 spiro atoms. The molecule has 1 aromatic carbocycles. The molecular formula is C10H13IN2O2. The number of halogens is 1. The van der Waals surface area contributed by atoms with Crippen LogP contribution in [0.5, 0.6) is 5.75 Å². The van der Waals surface area contributed by atoms with Crippen molar-refractivity contribution in [1.29, 1.82) is 0 Å². The average Bonchev–Trinajstić information content (AvgIpc) is 2.19. The number of ether oxygens (including phenoxy) is 1. The van der Waals surface area contributed by atoms with Crippen LogP contribution in [0.3, 0.4) is 0 Å². The van der Waals surface area contributed by atoms with Gasteiger partial charge in [-0.2, -0.15) is 0 Å². The zero-order chi connectivity index (χ0) is 11.4. The van der Waals surface area contributed by atoms with Gasteiger partial charge in [0.25, 0.3) is 0 Å². The second kappa shape index (κ2) is 5.20. The Morgan fingerprint density at radius 2 is 2.20 bits per heavy atom. The van der Waals surface area contributed by atoms with Gasteiger partial charge in [0.1, 0.15) is 5.75 Å². The number of oxime groups is 1. The minimum atomic E-state index is 0.101. The predicted molar refractivity (Wildman–Crippen MR) is 67.4 cm³/mol. The van der Waals surface area contributed by atoms with Crippen molar-refractivity contribution in [3.8, 4) is 5.75 Å². The average molecular weight is 320 g/mol. The maximum atomic E-state index is 8.52. The van der Waals surface area contributed by atoms with Gasteiger partial charge in [0.2, 0.25) is 0 Å². The highest BCUT2D eigenvalue weighted by Gasteiger charge is 2.06. The molecule has 5 heteroatoms. The number of hydrogen-bond donors (Lipinski definition) is 2. The molecule has 0 amide bonds. The van der Waals surface area contributed by atoms with E-state index in [9.17, 15) is 0 Å². The van der Waals surface area contributed by atoms with Crippen molar-refractivity contribution in [3.63, 3.8) is 0 Å². The normalized spacial score (nSPS) is 11.9. The van der Waals surface area contributed by atoms with E-state index in [1.165, 1.54) is 0 Å². The van der Waals surface area contributed by atoms with E-state index in [0.717, 1.165) is 9.32 Å². The summed E-state index contributed by atoms with van der Waals surface area (Å²) >= 11 is 2.15. The van der Waals surface area contributed by atoms with Crippen LogP contribution in [0.15, 0.2) is 23.4 Å². The van der Waals surface area contributed by atoms with E-state index in [1.807, 2.05) is 26.0 Å². The van der Waals surface area contributed by atoms with Crippen LogP contribution < -0.4 is 10.5 Å². The number of amidine groups is 1. The third kappa shape index (κ3) is 3.26. The van der Waals surface area contributed by atoms with E-state index in [0.29, 0.717) is 5.56 Å². The van der Waals surface area contributed by atoms with Gasteiger partial charge >= 0.3 is 0 Å². The molecule has 0 heterocycles. The second-order valence-electron chi connectivity index (χ2n) is 3.30. The minimum Gasteiger partial charge on any atom is -0.490 e. The third-order valence-corrected chi connectivity index (χ3v) is 2.54. The molecule has 4 nitrogen and oxygen atoms in total. The van der Waals surface area contributed by atoms with Crippen LogP contribution in [0.25, 0.3) is 0 Å². The highest BCUT2D eigenvalue weighted by Crippen LogP contribution is 2.23. The van der Waals surface area contributed by atoms with Crippen molar-refractivity contribution < 1.29 is 9.94 Å². The summed E-state index contributed by atoms with van der Waals surface area (Å²) in [6, 6.07) is 5.39. The van der Waals surface area contributed by atoms with Gasteiger partial charge in [-0.25, -0.2) is 0 Å². The molecule has 0 saturated heterocycles. The largest absolute Gasteiger partial charge is 0.490 e. The Morgan fingerprint density at radius 3 is 2.67 bits per heavy atom. The lowest BCUT2D eigenvalue weighted by Crippen LogP contribution is -2.13. The van der Waals surface area contributed by atoms with Crippen LogP contribution in [-0.2, 0) is 0 Å². The molecule has 1 rings (SSSR count). The zero-order valence-corrected chi connectivity index (χ0v) is 10.7. The third-order valence-electron chi connectivity index (χ3n) is 1.70. The molecule has 0 fully saturated rings. The van der Waals surface area contributed by atoms with Gasteiger partial charge < -0.3 is 15.7 Å². The Hall–Kier alpha value is -0.980. The van der Waals surface area contributed by atoms with E-state index >= 15 is 0 Å². The van der Waals surface area contributed by atoms with Crippen molar-refractivity contribution in [2.24, 2.45) is 10.9 Å². The Kier molecular flexibility index (Phi) is 4.19. The summed E-state index contributed by atoms with van der Waals surface area (Å²) in [7, 11) is 0. The quantitative estimate of drug-likeness (QED) is 0.295. The Morgan fingerprint density at radius 1 is 1.53 bits per heavy atom. The van der Waals surface area contributed by atoms with Crippen LogP contribution in [0.2, 0.25) is 0 Å². The highest BCUT2D eigenvalue weighted by molar-refractivity contribution is 14.1. The number of rotatable bonds is 3. The first-order valence-electron chi connectivity index (χ1n) is 4.48. The molecular weight excluding hydrogens is 307 g/mol. The number of hydrogen-bond acceptors (Lipinski definition) is 3. The molecule has 0 bridgehead atoms. The molecule has 0 aliphatic carbocycles. The van der Waals surface area contributed by atoms with Crippen LogP contribution in [0.4, 0.5) is 0 Å². The molecule has 0 aromatic heterocycles. The fourth-order valence-electron chi connectivity index (χ4n) is 1.07. The minimum absolute atomic E-state index is 0.101. The van der Waals surface area contributed by atoms with Crippen molar-refractivity contribution in [1.82, 2.24) is 0 Å². The summed E-state index contributed by atoms with van der Waals surface area (Å²) < 4.78 is 6.50. The Labute approximate surface area is 102 Å². The lowest BCUT2D eigenvalue weighted by atomic mass is 10.2. The molecule has 0 unspecified atom stereocenters. The SMILES string of the molecule is CC(C)Oc1ccc(/C(N)=N/O)cc1I. The summed E-state index contributed by atoms with van der Waals surface area (Å²) in [5.41, 5.74) is 6.15.